The van der Waals surface area contributed by atoms with E-state index in [1.807, 2.05) is 40.1 Å². The van der Waals surface area contributed by atoms with Crippen LogP contribution < -0.4 is 16.0 Å². The average molecular weight is 415 g/mol. The van der Waals surface area contributed by atoms with Gasteiger partial charge in [0.2, 0.25) is 0 Å². The van der Waals surface area contributed by atoms with Crippen LogP contribution in [0, 0.1) is 6.92 Å². The molecule has 0 aliphatic rings. The maximum Gasteiger partial charge on any atom is 0.407 e. The summed E-state index contributed by atoms with van der Waals surface area (Å²) in [5, 5.41) is 9.33. The second-order valence-electron chi connectivity index (χ2n) is 8.06. The molecule has 0 spiro atoms. The number of guanidine groups is 1. The topological polar surface area (TPSA) is 92.6 Å². The van der Waals surface area contributed by atoms with E-state index in [1.54, 1.807) is 7.05 Å². The van der Waals surface area contributed by atoms with Crippen LogP contribution in [-0.4, -0.2) is 47.3 Å². The molecule has 2 aromatic rings. The summed E-state index contributed by atoms with van der Waals surface area (Å²) in [6.45, 7) is 10.2. The van der Waals surface area contributed by atoms with Crippen molar-refractivity contribution in [1.29, 1.82) is 0 Å². The van der Waals surface area contributed by atoms with Gasteiger partial charge >= 0.3 is 6.09 Å². The number of imidazole rings is 1. The van der Waals surface area contributed by atoms with E-state index in [9.17, 15) is 4.79 Å². The Kier molecular flexibility index (Phi) is 8.70. The normalized spacial score (nSPS) is 11.8. The lowest BCUT2D eigenvalue weighted by Gasteiger charge is -2.19. The molecule has 1 aromatic carbocycles. The number of amides is 1. The molecule has 164 valence electrons. The van der Waals surface area contributed by atoms with Crippen molar-refractivity contribution in [3.8, 4) is 0 Å². The highest BCUT2D eigenvalue weighted by atomic mass is 16.6. The molecule has 30 heavy (non-hydrogen) atoms. The molecule has 1 aromatic heterocycles. The number of aliphatic imine (C=N–C) groups is 1. The zero-order chi connectivity index (χ0) is 22.0. The number of hydrogen-bond donors (Lipinski definition) is 3. The Morgan fingerprint density at radius 3 is 2.57 bits per heavy atom. The van der Waals surface area contributed by atoms with E-state index in [0.717, 1.165) is 24.7 Å². The molecule has 1 heterocycles. The molecule has 3 N–H and O–H groups in total. The molecule has 0 bridgehead atoms. The van der Waals surface area contributed by atoms with Crippen molar-refractivity contribution in [2.24, 2.45) is 4.99 Å². The van der Waals surface area contributed by atoms with E-state index in [2.05, 4.69) is 54.8 Å². The standard InChI is InChI=1S/C22H34N6O2/c1-17-24-12-13-28(17)16-19-9-6-8-18(14-19)15-27-20(23-5)25-10-7-11-26-21(29)30-22(2,3)4/h6,8-9,12-14H,7,10-11,15-16H2,1-5H3,(H,26,29)(H2,23,25,27). The van der Waals surface area contributed by atoms with E-state index >= 15 is 0 Å². The van der Waals surface area contributed by atoms with Crippen LogP contribution in [0.4, 0.5) is 4.79 Å². The monoisotopic (exact) mass is 414 g/mol. The van der Waals surface area contributed by atoms with Crippen LogP contribution in [0.5, 0.6) is 0 Å². The summed E-state index contributed by atoms with van der Waals surface area (Å²) in [6.07, 6.45) is 4.18. The van der Waals surface area contributed by atoms with Gasteiger partial charge in [0.1, 0.15) is 11.4 Å². The van der Waals surface area contributed by atoms with Crippen molar-refractivity contribution in [2.45, 2.75) is 52.8 Å². The molecule has 2 rings (SSSR count). The van der Waals surface area contributed by atoms with Gasteiger partial charge in [0.25, 0.3) is 0 Å². The van der Waals surface area contributed by atoms with Crippen LogP contribution >= 0.6 is 0 Å². The summed E-state index contributed by atoms with van der Waals surface area (Å²) in [5.74, 6) is 1.73. The van der Waals surface area contributed by atoms with Gasteiger partial charge in [-0.1, -0.05) is 24.3 Å². The van der Waals surface area contributed by atoms with Crippen LogP contribution in [-0.2, 0) is 17.8 Å². The lowest BCUT2D eigenvalue weighted by atomic mass is 10.1. The number of aromatic nitrogens is 2. The average Bonchev–Trinajstić information content (AvgIpc) is 3.07. The fourth-order valence-corrected chi connectivity index (χ4v) is 2.81. The smallest absolute Gasteiger partial charge is 0.407 e. The number of hydrogen-bond acceptors (Lipinski definition) is 4. The number of alkyl carbamates (subject to hydrolysis) is 1. The van der Waals surface area contributed by atoms with Crippen molar-refractivity contribution < 1.29 is 9.53 Å². The lowest BCUT2D eigenvalue weighted by Crippen LogP contribution is -2.39. The highest BCUT2D eigenvalue weighted by Gasteiger charge is 2.15. The molecule has 0 fully saturated rings. The van der Waals surface area contributed by atoms with E-state index in [-0.39, 0.29) is 0 Å². The van der Waals surface area contributed by atoms with Gasteiger partial charge in [-0.05, 0) is 45.2 Å². The summed E-state index contributed by atoms with van der Waals surface area (Å²) >= 11 is 0. The molecular weight excluding hydrogens is 380 g/mol. The van der Waals surface area contributed by atoms with Gasteiger partial charge in [0.05, 0.1) is 0 Å². The van der Waals surface area contributed by atoms with Crippen LogP contribution in [0.25, 0.3) is 0 Å². The molecule has 0 saturated heterocycles. The van der Waals surface area contributed by atoms with Gasteiger partial charge in [-0.25, -0.2) is 9.78 Å². The quantitative estimate of drug-likeness (QED) is 0.351. The van der Waals surface area contributed by atoms with E-state index < -0.39 is 11.7 Å². The Morgan fingerprint density at radius 2 is 1.90 bits per heavy atom. The fourth-order valence-electron chi connectivity index (χ4n) is 2.81. The Bertz CT molecular complexity index is 838. The van der Waals surface area contributed by atoms with E-state index in [0.29, 0.717) is 19.6 Å². The van der Waals surface area contributed by atoms with Crippen LogP contribution in [0.2, 0.25) is 0 Å². The van der Waals surface area contributed by atoms with Crippen molar-refractivity contribution in [3.05, 3.63) is 53.6 Å². The van der Waals surface area contributed by atoms with Gasteiger partial charge < -0.3 is 25.3 Å². The van der Waals surface area contributed by atoms with Gasteiger partial charge in [0, 0.05) is 45.6 Å². The lowest BCUT2D eigenvalue weighted by molar-refractivity contribution is 0.0527. The number of carbonyl (C=O) groups excluding carboxylic acids is 1. The Hall–Kier alpha value is -3.03. The Balaban J connectivity index is 1.71. The molecule has 8 heteroatoms. The maximum atomic E-state index is 11.6. The number of benzene rings is 1. The number of rotatable bonds is 8. The first-order valence-electron chi connectivity index (χ1n) is 10.2. The number of carbonyl (C=O) groups is 1. The SMILES string of the molecule is CN=C(NCCCNC(=O)OC(C)(C)C)NCc1cccc(Cn2ccnc2C)c1. The first-order chi connectivity index (χ1) is 14.3. The van der Waals surface area contributed by atoms with Crippen molar-refractivity contribution in [3.63, 3.8) is 0 Å². The summed E-state index contributed by atoms with van der Waals surface area (Å²) in [5.41, 5.74) is 1.93. The molecule has 1 amide bonds. The number of nitrogens with one attached hydrogen (secondary N) is 3. The fraction of sp³-hybridized carbons (Fsp3) is 0.500. The van der Waals surface area contributed by atoms with Gasteiger partial charge in [-0.3, -0.25) is 4.99 Å². The first-order valence-corrected chi connectivity index (χ1v) is 10.2. The van der Waals surface area contributed by atoms with Gasteiger partial charge in [-0.2, -0.15) is 0 Å². The van der Waals surface area contributed by atoms with Gasteiger partial charge in [-0.15, -0.1) is 0 Å². The van der Waals surface area contributed by atoms with Crippen molar-refractivity contribution >= 4 is 12.1 Å². The summed E-state index contributed by atoms with van der Waals surface area (Å²) in [7, 11) is 1.74. The van der Waals surface area contributed by atoms with Crippen LogP contribution in [0.15, 0.2) is 41.7 Å². The zero-order valence-corrected chi connectivity index (χ0v) is 18.7. The van der Waals surface area contributed by atoms with Crippen LogP contribution in [0.1, 0.15) is 44.1 Å². The molecule has 0 unspecified atom stereocenters. The largest absolute Gasteiger partial charge is 0.444 e. The Morgan fingerprint density at radius 1 is 1.17 bits per heavy atom. The second-order valence-corrected chi connectivity index (χ2v) is 8.06. The van der Waals surface area contributed by atoms with E-state index in [4.69, 9.17) is 4.74 Å². The summed E-state index contributed by atoms with van der Waals surface area (Å²) in [4.78, 5) is 20.1. The molecule has 0 radical (unpaired) electrons. The third kappa shape index (κ3) is 8.55. The summed E-state index contributed by atoms with van der Waals surface area (Å²) in [6, 6.07) is 8.46. The van der Waals surface area contributed by atoms with Crippen LogP contribution in [0.3, 0.4) is 0 Å². The minimum atomic E-state index is -0.483. The summed E-state index contributed by atoms with van der Waals surface area (Å²) < 4.78 is 7.33. The number of nitrogens with zero attached hydrogens (tertiary/aromatic N) is 3. The third-order valence-corrected chi connectivity index (χ3v) is 4.27. The second kappa shape index (κ2) is 11.2. The minimum Gasteiger partial charge on any atom is -0.444 e. The highest BCUT2D eigenvalue weighted by molar-refractivity contribution is 5.79. The predicted molar refractivity (Wildman–Crippen MR) is 120 cm³/mol. The predicted octanol–water partition coefficient (Wildman–Crippen LogP) is 2.82. The number of ether oxygens (including phenoxy) is 1. The van der Waals surface area contributed by atoms with E-state index in [1.165, 1.54) is 11.1 Å². The molecular formula is C22H34N6O2. The third-order valence-electron chi connectivity index (χ3n) is 4.27. The molecule has 0 aliphatic heterocycles. The maximum absolute atomic E-state index is 11.6. The number of aryl methyl sites for hydroxylation is 1. The molecule has 0 saturated carbocycles. The van der Waals surface area contributed by atoms with Gasteiger partial charge in [0.15, 0.2) is 5.96 Å². The first kappa shape index (κ1) is 23.3. The molecule has 8 nitrogen and oxygen atoms in total. The Labute approximate surface area is 179 Å². The van der Waals surface area contributed by atoms with Crippen molar-refractivity contribution in [2.75, 3.05) is 20.1 Å². The zero-order valence-electron chi connectivity index (χ0n) is 18.7. The minimum absolute atomic E-state index is 0.393. The molecule has 0 atom stereocenters. The molecule has 0 aliphatic carbocycles. The van der Waals surface area contributed by atoms with Crippen molar-refractivity contribution in [1.82, 2.24) is 25.5 Å². The highest BCUT2D eigenvalue weighted by Crippen LogP contribution is 2.09.